The molecular formula is C13H16O2. The lowest BCUT2D eigenvalue weighted by molar-refractivity contribution is -0.145. The Balaban J connectivity index is 2.62. The van der Waals surface area contributed by atoms with Gasteiger partial charge >= 0.3 is 0 Å². The molecule has 2 atom stereocenters. The Morgan fingerprint density at radius 3 is 2.53 bits per heavy atom. The lowest BCUT2D eigenvalue weighted by Gasteiger charge is -2.18. The van der Waals surface area contributed by atoms with Crippen molar-refractivity contribution in [1.29, 1.82) is 0 Å². The average molecular weight is 204 g/mol. The first-order valence-electron chi connectivity index (χ1n) is 5.06. The molecule has 0 bridgehead atoms. The van der Waals surface area contributed by atoms with Crippen LogP contribution in [0.5, 0.6) is 0 Å². The molecule has 0 fully saturated rings. The van der Waals surface area contributed by atoms with Crippen LogP contribution in [0, 0.1) is 12.3 Å². The van der Waals surface area contributed by atoms with Gasteiger partial charge in [-0.1, -0.05) is 36.3 Å². The van der Waals surface area contributed by atoms with Crippen molar-refractivity contribution < 1.29 is 9.47 Å². The van der Waals surface area contributed by atoms with Crippen LogP contribution in [-0.4, -0.2) is 12.9 Å². The fourth-order valence-corrected chi connectivity index (χ4v) is 1.31. The predicted molar refractivity (Wildman–Crippen MR) is 60.2 cm³/mol. The minimum absolute atomic E-state index is 0.281. The fourth-order valence-electron chi connectivity index (χ4n) is 1.31. The van der Waals surface area contributed by atoms with Crippen molar-refractivity contribution in [1.82, 2.24) is 0 Å². The van der Waals surface area contributed by atoms with Gasteiger partial charge < -0.3 is 9.47 Å². The summed E-state index contributed by atoms with van der Waals surface area (Å²) in [5.74, 6) is 2.61. The van der Waals surface area contributed by atoms with Crippen molar-refractivity contribution in [2.45, 2.75) is 26.2 Å². The first-order valence-corrected chi connectivity index (χ1v) is 5.06. The van der Waals surface area contributed by atoms with Crippen LogP contribution in [0.2, 0.25) is 0 Å². The zero-order valence-electron chi connectivity index (χ0n) is 9.14. The van der Waals surface area contributed by atoms with Crippen LogP contribution < -0.4 is 0 Å². The summed E-state index contributed by atoms with van der Waals surface area (Å²) in [6, 6.07) is 9.72. The maximum Gasteiger partial charge on any atom is 0.156 e. The van der Waals surface area contributed by atoms with Crippen LogP contribution in [0.3, 0.4) is 0 Å². The summed E-state index contributed by atoms with van der Waals surface area (Å²) in [5.41, 5.74) is 0.978. The molecule has 80 valence electrons. The largest absolute Gasteiger partial charge is 0.353 e. The fraction of sp³-hybridized carbons (Fsp3) is 0.385. The van der Waals surface area contributed by atoms with E-state index in [0.29, 0.717) is 6.61 Å². The highest BCUT2D eigenvalue weighted by Gasteiger charge is 2.12. The second-order valence-electron chi connectivity index (χ2n) is 3.12. The molecule has 0 aromatic heterocycles. The van der Waals surface area contributed by atoms with Crippen molar-refractivity contribution >= 4 is 0 Å². The van der Waals surface area contributed by atoms with E-state index >= 15 is 0 Å². The normalized spacial score (nSPS) is 14.2. The van der Waals surface area contributed by atoms with Crippen LogP contribution in [0.25, 0.3) is 0 Å². The van der Waals surface area contributed by atoms with Crippen molar-refractivity contribution in [3.8, 4) is 12.3 Å². The second kappa shape index (κ2) is 6.23. The Hall–Kier alpha value is -1.30. The van der Waals surface area contributed by atoms with Gasteiger partial charge in [0.05, 0.1) is 0 Å². The topological polar surface area (TPSA) is 18.5 Å². The first-order chi connectivity index (χ1) is 7.27. The minimum Gasteiger partial charge on any atom is -0.353 e. The van der Waals surface area contributed by atoms with Crippen LogP contribution in [0.1, 0.15) is 25.5 Å². The third kappa shape index (κ3) is 3.75. The molecule has 2 unspecified atom stereocenters. The predicted octanol–water partition coefficient (Wildman–Crippen LogP) is 2.76. The maximum atomic E-state index is 5.57. The number of hydrogen-bond acceptors (Lipinski definition) is 2. The van der Waals surface area contributed by atoms with E-state index in [4.69, 9.17) is 15.9 Å². The third-order valence-corrected chi connectivity index (χ3v) is 1.98. The number of ether oxygens (including phenoxy) is 2. The standard InChI is InChI=1S/C13H16O2/c1-4-13(15-11(3)14-5-2)12-9-7-6-8-10-12/h1,6-11,13H,5H2,2-3H3. The molecule has 0 radical (unpaired) electrons. The quantitative estimate of drug-likeness (QED) is 0.542. The van der Waals surface area contributed by atoms with Crippen molar-refractivity contribution in [3.63, 3.8) is 0 Å². The van der Waals surface area contributed by atoms with Gasteiger partial charge in [0.1, 0.15) is 6.10 Å². The summed E-state index contributed by atoms with van der Waals surface area (Å²) in [4.78, 5) is 0. The van der Waals surface area contributed by atoms with Gasteiger partial charge in [-0.2, -0.15) is 0 Å². The highest BCUT2D eigenvalue weighted by Crippen LogP contribution is 2.18. The molecule has 0 aliphatic heterocycles. The monoisotopic (exact) mass is 204 g/mol. The number of terminal acetylenes is 1. The Kier molecular flexibility index (Phi) is 4.89. The van der Waals surface area contributed by atoms with Crippen LogP contribution >= 0.6 is 0 Å². The van der Waals surface area contributed by atoms with E-state index in [9.17, 15) is 0 Å². The summed E-state index contributed by atoms with van der Waals surface area (Å²) in [5, 5.41) is 0. The molecule has 0 spiro atoms. The molecule has 2 nitrogen and oxygen atoms in total. The van der Waals surface area contributed by atoms with E-state index in [0.717, 1.165) is 5.56 Å². The van der Waals surface area contributed by atoms with E-state index in [1.54, 1.807) is 0 Å². The molecule has 0 aliphatic carbocycles. The van der Waals surface area contributed by atoms with Gasteiger partial charge in [-0.15, -0.1) is 6.42 Å². The Bertz CT molecular complexity index is 313. The smallest absolute Gasteiger partial charge is 0.156 e. The molecule has 15 heavy (non-hydrogen) atoms. The molecule has 0 saturated heterocycles. The van der Waals surface area contributed by atoms with Gasteiger partial charge in [0, 0.05) is 6.61 Å². The summed E-state index contributed by atoms with van der Waals surface area (Å²) < 4.78 is 10.8. The molecule has 1 aromatic carbocycles. The van der Waals surface area contributed by atoms with Crippen molar-refractivity contribution in [2.24, 2.45) is 0 Å². The van der Waals surface area contributed by atoms with Crippen LogP contribution in [-0.2, 0) is 9.47 Å². The zero-order valence-corrected chi connectivity index (χ0v) is 9.14. The number of rotatable bonds is 5. The molecule has 2 heteroatoms. The molecule has 0 N–H and O–H groups in total. The van der Waals surface area contributed by atoms with Gasteiger partial charge in [0.2, 0.25) is 0 Å². The molecule has 1 aromatic rings. The Labute approximate surface area is 91.2 Å². The zero-order chi connectivity index (χ0) is 11.1. The lowest BCUT2D eigenvalue weighted by Crippen LogP contribution is -2.16. The SMILES string of the molecule is C#CC(OC(C)OCC)c1ccccc1. The number of hydrogen-bond donors (Lipinski definition) is 0. The van der Waals surface area contributed by atoms with E-state index < -0.39 is 0 Å². The number of benzene rings is 1. The molecule has 0 heterocycles. The molecule has 0 aliphatic rings. The molecule has 0 amide bonds. The average Bonchev–Trinajstić information content (AvgIpc) is 2.27. The summed E-state index contributed by atoms with van der Waals surface area (Å²) in [6.07, 6.45) is 4.80. The van der Waals surface area contributed by atoms with Gasteiger partial charge in [0.15, 0.2) is 6.29 Å². The van der Waals surface area contributed by atoms with Gasteiger partial charge in [-0.25, -0.2) is 0 Å². The lowest BCUT2D eigenvalue weighted by atomic mass is 10.1. The molecule has 0 saturated carbocycles. The van der Waals surface area contributed by atoms with Crippen molar-refractivity contribution in [3.05, 3.63) is 35.9 Å². The Morgan fingerprint density at radius 2 is 2.00 bits per heavy atom. The second-order valence-corrected chi connectivity index (χ2v) is 3.12. The van der Waals surface area contributed by atoms with E-state index in [1.165, 1.54) is 0 Å². The van der Waals surface area contributed by atoms with Crippen LogP contribution in [0.4, 0.5) is 0 Å². The van der Waals surface area contributed by atoms with Crippen molar-refractivity contribution in [2.75, 3.05) is 6.61 Å². The summed E-state index contributed by atoms with van der Waals surface area (Å²) in [6.45, 7) is 4.39. The molecular weight excluding hydrogens is 188 g/mol. The highest BCUT2D eigenvalue weighted by molar-refractivity contribution is 5.23. The van der Waals surface area contributed by atoms with Gasteiger partial charge in [-0.3, -0.25) is 0 Å². The highest BCUT2D eigenvalue weighted by atomic mass is 16.7. The third-order valence-electron chi connectivity index (χ3n) is 1.98. The summed E-state index contributed by atoms with van der Waals surface area (Å²) >= 11 is 0. The first kappa shape index (κ1) is 11.8. The van der Waals surface area contributed by atoms with Crippen LogP contribution in [0.15, 0.2) is 30.3 Å². The van der Waals surface area contributed by atoms with E-state index in [2.05, 4.69) is 5.92 Å². The van der Waals surface area contributed by atoms with Gasteiger partial charge in [-0.05, 0) is 19.4 Å². The molecule has 1 rings (SSSR count). The van der Waals surface area contributed by atoms with E-state index in [1.807, 2.05) is 44.2 Å². The van der Waals surface area contributed by atoms with Gasteiger partial charge in [0.25, 0.3) is 0 Å². The maximum absolute atomic E-state index is 5.57. The summed E-state index contributed by atoms with van der Waals surface area (Å²) in [7, 11) is 0. The minimum atomic E-state index is -0.340. The Morgan fingerprint density at radius 1 is 1.33 bits per heavy atom. The van der Waals surface area contributed by atoms with E-state index in [-0.39, 0.29) is 12.4 Å².